The molecule has 0 aromatic heterocycles. The van der Waals surface area contributed by atoms with Crippen LogP contribution in [0.25, 0.3) is 0 Å². The Morgan fingerprint density at radius 3 is 2.23 bits per heavy atom. The summed E-state index contributed by atoms with van der Waals surface area (Å²) >= 11 is 0. The molecule has 0 bridgehead atoms. The second kappa shape index (κ2) is 12.4. The van der Waals surface area contributed by atoms with Crippen LogP contribution in [0.2, 0.25) is 0 Å². The van der Waals surface area contributed by atoms with Crippen molar-refractivity contribution >= 4 is 24.8 Å². The van der Waals surface area contributed by atoms with E-state index in [1.165, 1.54) is 0 Å². The first-order valence-corrected chi connectivity index (χ1v) is 7.38. The zero-order valence-electron chi connectivity index (χ0n) is 13.5. The largest absolute Gasteiger partial charge is 0.395 e. The second-order valence-electron chi connectivity index (χ2n) is 5.56. The summed E-state index contributed by atoms with van der Waals surface area (Å²) in [6, 6.07) is 0. The van der Waals surface area contributed by atoms with E-state index in [-0.39, 0.29) is 38.0 Å². The Morgan fingerprint density at radius 1 is 1.23 bits per heavy atom. The van der Waals surface area contributed by atoms with Gasteiger partial charge in [-0.1, -0.05) is 12.8 Å². The van der Waals surface area contributed by atoms with Crippen molar-refractivity contribution in [1.82, 2.24) is 9.80 Å². The number of β-amino-alcohol motifs (C(OH)–C–C–N with tert-alkyl or cyclic N) is 2. The molecular weight excluding hydrogens is 327 g/mol. The molecule has 1 fully saturated rings. The monoisotopic (exact) mass is 356 g/mol. The number of hydrogen-bond donors (Lipinski definition) is 2. The van der Waals surface area contributed by atoms with E-state index >= 15 is 0 Å². The molecule has 132 valence electrons. The van der Waals surface area contributed by atoms with Gasteiger partial charge in [-0.05, 0) is 13.3 Å². The van der Waals surface area contributed by atoms with Crippen LogP contribution in [-0.2, 0) is 4.74 Å². The van der Waals surface area contributed by atoms with E-state index in [4.69, 9.17) is 16.3 Å². The second-order valence-corrected chi connectivity index (χ2v) is 5.56. The van der Waals surface area contributed by atoms with Crippen LogP contribution < -0.4 is 0 Å². The maximum atomic E-state index is 10.0. The molecule has 0 radical (unpaired) electrons. The standard InChI is InChI=1S/C15H28N2O3.2ClH/c1-4-15(3,5-2)20-13-14(19)12-17-8-6-16(7-9-17)10-11-18;;/h1,14,18-19H,5-13H2,2-3H3;2*1H. The molecule has 1 saturated heterocycles. The minimum Gasteiger partial charge on any atom is -0.395 e. The van der Waals surface area contributed by atoms with Gasteiger partial charge in [-0.25, -0.2) is 0 Å². The first-order chi connectivity index (χ1) is 9.53. The molecule has 2 N–H and O–H groups in total. The summed E-state index contributed by atoms with van der Waals surface area (Å²) in [5.41, 5.74) is -0.583. The third kappa shape index (κ3) is 8.54. The van der Waals surface area contributed by atoms with Crippen molar-refractivity contribution in [2.24, 2.45) is 0 Å². The first-order valence-electron chi connectivity index (χ1n) is 7.38. The van der Waals surface area contributed by atoms with Crippen LogP contribution in [0.1, 0.15) is 20.3 Å². The number of hydrogen-bond acceptors (Lipinski definition) is 5. The van der Waals surface area contributed by atoms with Gasteiger partial charge < -0.3 is 14.9 Å². The van der Waals surface area contributed by atoms with Crippen molar-refractivity contribution in [3.63, 3.8) is 0 Å². The Morgan fingerprint density at radius 2 is 1.77 bits per heavy atom. The SMILES string of the molecule is C#CC(C)(CC)OCC(O)CN1CCN(CCO)CC1.Cl.Cl. The highest BCUT2D eigenvalue weighted by atomic mass is 35.5. The fourth-order valence-corrected chi connectivity index (χ4v) is 2.21. The molecule has 0 aliphatic carbocycles. The number of terminal acetylenes is 1. The number of rotatable bonds is 8. The summed E-state index contributed by atoms with van der Waals surface area (Å²) in [7, 11) is 0. The van der Waals surface area contributed by atoms with Crippen LogP contribution in [-0.4, -0.2) is 84.2 Å². The summed E-state index contributed by atoms with van der Waals surface area (Å²) in [6.07, 6.45) is 5.66. The van der Waals surface area contributed by atoms with Crippen LogP contribution >= 0.6 is 24.8 Å². The predicted molar refractivity (Wildman–Crippen MR) is 93.9 cm³/mol. The zero-order chi connectivity index (χ0) is 15.0. The molecule has 1 aliphatic rings. The Balaban J connectivity index is 0. The van der Waals surface area contributed by atoms with E-state index in [1.807, 2.05) is 13.8 Å². The summed E-state index contributed by atoms with van der Waals surface area (Å²) in [4.78, 5) is 4.45. The van der Waals surface area contributed by atoms with E-state index < -0.39 is 11.7 Å². The van der Waals surface area contributed by atoms with Gasteiger partial charge in [-0.15, -0.1) is 31.2 Å². The number of nitrogens with zero attached hydrogens (tertiary/aromatic N) is 2. The van der Waals surface area contributed by atoms with Crippen molar-refractivity contribution in [3.8, 4) is 12.3 Å². The van der Waals surface area contributed by atoms with E-state index in [1.54, 1.807) is 0 Å². The minimum absolute atomic E-state index is 0. The van der Waals surface area contributed by atoms with Crippen LogP contribution in [0.4, 0.5) is 0 Å². The summed E-state index contributed by atoms with van der Waals surface area (Å²) < 4.78 is 5.63. The van der Waals surface area contributed by atoms with Gasteiger partial charge in [-0.3, -0.25) is 9.80 Å². The molecule has 1 aliphatic heterocycles. The summed E-state index contributed by atoms with van der Waals surface area (Å²) in [6.45, 7) is 9.36. The molecule has 2 unspecified atom stereocenters. The average molecular weight is 357 g/mol. The lowest BCUT2D eigenvalue weighted by molar-refractivity contribution is -0.0501. The van der Waals surface area contributed by atoms with Crippen molar-refractivity contribution in [2.45, 2.75) is 32.0 Å². The topological polar surface area (TPSA) is 56.2 Å². The highest BCUT2D eigenvalue weighted by Gasteiger charge is 2.23. The number of ether oxygens (including phenoxy) is 1. The molecule has 7 heteroatoms. The zero-order valence-corrected chi connectivity index (χ0v) is 15.2. The lowest BCUT2D eigenvalue weighted by atomic mass is 10.1. The predicted octanol–water partition coefficient (Wildman–Crippen LogP) is 0.619. The van der Waals surface area contributed by atoms with Crippen LogP contribution in [0.5, 0.6) is 0 Å². The van der Waals surface area contributed by atoms with Crippen molar-refractivity contribution < 1.29 is 14.9 Å². The normalized spacial score (nSPS) is 20.1. The third-order valence-corrected chi connectivity index (χ3v) is 3.92. The highest BCUT2D eigenvalue weighted by Crippen LogP contribution is 2.14. The Hall–Kier alpha value is -0.0600. The molecule has 1 rings (SSSR count). The smallest absolute Gasteiger partial charge is 0.125 e. The van der Waals surface area contributed by atoms with E-state index in [0.29, 0.717) is 6.54 Å². The number of aliphatic hydroxyl groups is 2. The summed E-state index contributed by atoms with van der Waals surface area (Å²) in [5, 5.41) is 18.9. The molecular formula is C15H30Cl2N2O3. The fourth-order valence-electron chi connectivity index (χ4n) is 2.21. The van der Waals surface area contributed by atoms with Crippen LogP contribution in [0.3, 0.4) is 0 Å². The maximum Gasteiger partial charge on any atom is 0.125 e. The molecule has 0 saturated carbocycles. The first kappa shape index (κ1) is 24.2. The Labute approximate surface area is 146 Å². The molecule has 0 aromatic rings. The van der Waals surface area contributed by atoms with Gasteiger partial charge in [0.15, 0.2) is 0 Å². The average Bonchev–Trinajstić information content (AvgIpc) is 2.47. The van der Waals surface area contributed by atoms with Gasteiger partial charge in [0.05, 0.1) is 19.3 Å². The van der Waals surface area contributed by atoms with Crippen molar-refractivity contribution in [3.05, 3.63) is 0 Å². The lowest BCUT2D eigenvalue weighted by Gasteiger charge is -2.35. The van der Waals surface area contributed by atoms with E-state index in [0.717, 1.165) is 39.1 Å². The molecule has 2 atom stereocenters. The highest BCUT2D eigenvalue weighted by molar-refractivity contribution is 5.85. The fraction of sp³-hybridized carbons (Fsp3) is 0.867. The third-order valence-electron chi connectivity index (χ3n) is 3.92. The van der Waals surface area contributed by atoms with Gasteiger partial charge in [0, 0.05) is 39.3 Å². The van der Waals surface area contributed by atoms with Gasteiger partial charge >= 0.3 is 0 Å². The summed E-state index contributed by atoms with van der Waals surface area (Å²) in [5.74, 6) is 2.63. The molecule has 22 heavy (non-hydrogen) atoms. The van der Waals surface area contributed by atoms with Crippen molar-refractivity contribution in [2.75, 3.05) is 52.5 Å². The molecule has 5 nitrogen and oxygen atoms in total. The maximum absolute atomic E-state index is 10.0. The number of halogens is 2. The number of piperazine rings is 1. The van der Waals surface area contributed by atoms with Gasteiger partial charge in [-0.2, -0.15) is 0 Å². The van der Waals surface area contributed by atoms with Gasteiger partial charge in [0.2, 0.25) is 0 Å². The Bertz CT molecular complexity index is 320. The molecule has 0 spiro atoms. The minimum atomic E-state index is -0.583. The van der Waals surface area contributed by atoms with E-state index in [9.17, 15) is 5.11 Å². The molecule has 0 aromatic carbocycles. The van der Waals surface area contributed by atoms with Crippen LogP contribution in [0.15, 0.2) is 0 Å². The van der Waals surface area contributed by atoms with Crippen molar-refractivity contribution in [1.29, 1.82) is 0 Å². The van der Waals surface area contributed by atoms with Gasteiger partial charge in [0.25, 0.3) is 0 Å². The number of aliphatic hydroxyl groups excluding tert-OH is 2. The molecule has 1 heterocycles. The quantitative estimate of drug-likeness (QED) is 0.624. The Kier molecular flexibility index (Phi) is 13.6. The lowest BCUT2D eigenvalue weighted by Crippen LogP contribution is -2.49. The van der Waals surface area contributed by atoms with E-state index in [2.05, 4.69) is 15.7 Å². The van der Waals surface area contributed by atoms with Crippen LogP contribution in [0, 0.1) is 12.3 Å². The molecule has 0 amide bonds. The van der Waals surface area contributed by atoms with Gasteiger partial charge in [0.1, 0.15) is 5.60 Å².